The van der Waals surface area contributed by atoms with E-state index in [2.05, 4.69) is 92.1 Å². The maximum atomic E-state index is 5.74. The average Bonchev–Trinajstić information content (AvgIpc) is 3.27. The van der Waals surface area contributed by atoms with Crippen molar-refractivity contribution in [3.05, 3.63) is 82.9 Å². The molecule has 6 heteroatoms. The van der Waals surface area contributed by atoms with Crippen LogP contribution in [0.25, 0.3) is 5.69 Å². The van der Waals surface area contributed by atoms with Crippen LogP contribution in [0.2, 0.25) is 0 Å². The molecule has 0 amide bonds. The smallest absolute Gasteiger partial charge is 0.170 e. The molecule has 1 aromatic carbocycles. The van der Waals surface area contributed by atoms with E-state index in [9.17, 15) is 0 Å². The van der Waals surface area contributed by atoms with Crippen LogP contribution in [-0.4, -0.2) is 26.1 Å². The lowest BCUT2D eigenvalue weighted by Crippen LogP contribution is -2.33. The minimum atomic E-state index is 0.00764. The van der Waals surface area contributed by atoms with Crippen molar-refractivity contribution in [2.45, 2.75) is 25.9 Å². The molecule has 2 aromatic heterocycles. The van der Waals surface area contributed by atoms with Crippen molar-refractivity contribution in [2.24, 2.45) is 5.92 Å². The summed E-state index contributed by atoms with van der Waals surface area (Å²) < 4.78 is 3.30. The van der Waals surface area contributed by atoms with E-state index < -0.39 is 0 Å². The maximum Gasteiger partial charge on any atom is 0.170 e. The molecule has 144 valence electrons. The van der Waals surface area contributed by atoms with Crippen LogP contribution < -0.4 is 5.32 Å². The third kappa shape index (κ3) is 3.71. The number of nitrogens with zero attached hydrogens (tertiary/aromatic N) is 3. The van der Waals surface area contributed by atoms with Gasteiger partial charge in [0.1, 0.15) is 0 Å². The van der Waals surface area contributed by atoms with Gasteiger partial charge < -0.3 is 14.8 Å². The van der Waals surface area contributed by atoms with Crippen molar-refractivity contribution in [2.75, 3.05) is 6.54 Å². The second-order valence-electron chi connectivity index (χ2n) is 7.46. The van der Waals surface area contributed by atoms with Gasteiger partial charge in [0.25, 0.3) is 0 Å². The second-order valence-corrected chi connectivity index (χ2v) is 8.76. The van der Waals surface area contributed by atoms with Crippen molar-refractivity contribution in [3.63, 3.8) is 0 Å². The summed E-state index contributed by atoms with van der Waals surface area (Å²) in [5.74, 6) is 0.499. The van der Waals surface area contributed by atoms with E-state index in [0.717, 1.165) is 27.5 Å². The molecule has 1 fully saturated rings. The van der Waals surface area contributed by atoms with E-state index in [1.807, 2.05) is 24.4 Å². The summed E-state index contributed by atoms with van der Waals surface area (Å²) in [4.78, 5) is 6.93. The Bertz CT molecular complexity index is 969. The topological polar surface area (TPSA) is 33.1 Å². The normalized spacial score (nSPS) is 19.3. The van der Waals surface area contributed by atoms with Crippen LogP contribution in [0.3, 0.4) is 0 Å². The second kappa shape index (κ2) is 8.05. The highest BCUT2D eigenvalue weighted by molar-refractivity contribution is 9.10. The highest BCUT2D eigenvalue weighted by Crippen LogP contribution is 2.40. The molecule has 0 saturated carbocycles. The minimum absolute atomic E-state index is 0.00764. The Balaban J connectivity index is 1.81. The van der Waals surface area contributed by atoms with E-state index in [4.69, 9.17) is 12.2 Å². The first-order valence-corrected chi connectivity index (χ1v) is 10.7. The molecule has 28 heavy (non-hydrogen) atoms. The van der Waals surface area contributed by atoms with Gasteiger partial charge in [0, 0.05) is 34.8 Å². The predicted octanol–water partition coefficient (Wildman–Crippen LogP) is 5.26. The van der Waals surface area contributed by atoms with Crippen LogP contribution >= 0.6 is 28.1 Å². The average molecular weight is 455 g/mol. The molecular weight excluding hydrogens is 432 g/mol. The summed E-state index contributed by atoms with van der Waals surface area (Å²) >= 11 is 9.33. The van der Waals surface area contributed by atoms with Gasteiger partial charge in [-0.2, -0.15) is 0 Å². The summed E-state index contributed by atoms with van der Waals surface area (Å²) in [5, 5.41) is 4.31. The summed E-state index contributed by atoms with van der Waals surface area (Å²) in [6.45, 7) is 5.34. The fourth-order valence-corrected chi connectivity index (χ4v) is 4.52. The van der Waals surface area contributed by atoms with Crippen LogP contribution in [0.15, 0.2) is 71.5 Å². The summed E-state index contributed by atoms with van der Waals surface area (Å²) in [7, 11) is 0. The number of aromatic nitrogens is 2. The quantitative estimate of drug-likeness (QED) is 0.532. The third-order valence-corrected chi connectivity index (χ3v) is 5.77. The number of halogens is 1. The molecule has 2 atom stereocenters. The number of nitrogens with one attached hydrogen (secondary N) is 1. The number of thiocarbonyl (C=S) groups is 1. The molecule has 3 aromatic rings. The lowest BCUT2D eigenvalue weighted by Gasteiger charge is -2.30. The first-order chi connectivity index (χ1) is 13.5. The molecule has 0 aliphatic carbocycles. The summed E-state index contributed by atoms with van der Waals surface area (Å²) in [6.07, 6.45) is 3.96. The zero-order valence-corrected chi connectivity index (χ0v) is 18.3. The van der Waals surface area contributed by atoms with Gasteiger partial charge >= 0.3 is 0 Å². The van der Waals surface area contributed by atoms with E-state index in [1.165, 1.54) is 5.69 Å². The Morgan fingerprint density at radius 3 is 2.71 bits per heavy atom. The zero-order chi connectivity index (χ0) is 19.7. The lowest BCUT2D eigenvalue weighted by molar-refractivity contribution is 0.280. The Labute approximate surface area is 179 Å². The van der Waals surface area contributed by atoms with Crippen LogP contribution in [-0.2, 0) is 0 Å². The Morgan fingerprint density at radius 2 is 2.00 bits per heavy atom. The van der Waals surface area contributed by atoms with Crippen molar-refractivity contribution in [3.8, 4) is 5.69 Å². The molecule has 0 unspecified atom stereocenters. The van der Waals surface area contributed by atoms with Crippen LogP contribution in [0.4, 0.5) is 0 Å². The lowest BCUT2D eigenvalue weighted by atomic mass is 10.0. The zero-order valence-electron chi connectivity index (χ0n) is 15.9. The van der Waals surface area contributed by atoms with E-state index in [1.54, 1.807) is 0 Å². The maximum absolute atomic E-state index is 5.74. The molecule has 4 nitrogen and oxygen atoms in total. The molecule has 1 aliphatic rings. The van der Waals surface area contributed by atoms with Crippen LogP contribution in [0.1, 0.15) is 37.3 Å². The van der Waals surface area contributed by atoms with Crippen LogP contribution in [0, 0.1) is 5.92 Å². The van der Waals surface area contributed by atoms with Gasteiger partial charge in [0.15, 0.2) is 5.11 Å². The van der Waals surface area contributed by atoms with Gasteiger partial charge in [-0.25, -0.2) is 0 Å². The van der Waals surface area contributed by atoms with Crippen molar-refractivity contribution in [1.29, 1.82) is 0 Å². The minimum Gasteiger partial charge on any atom is -0.352 e. The van der Waals surface area contributed by atoms with Gasteiger partial charge in [-0.1, -0.05) is 41.9 Å². The van der Waals surface area contributed by atoms with Gasteiger partial charge in [-0.05, 0) is 60.6 Å². The van der Waals surface area contributed by atoms with Gasteiger partial charge in [0.2, 0.25) is 0 Å². The molecule has 3 heterocycles. The fraction of sp³-hybridized carbons (Fsp3) is 0.273. The third-order valence-electron chi connectivity index (χ3n) is 4.93. The van der Waals surface area contributed by atoms with Gasteiger partial charge in [-0.3, -0.25) is 4.98 Å². The van der Waals surface area contributed by atoms with Crippen molar-refractivity contribution >= 4 is 33.3 Å². The number of rotatable bonds is 5. The molecule has 1 N–H and O–H groups in total. The molecule has 1 aliphatic heterocycles. The van der Waals surface area contributed by atoms with Crippen LogP contribution in [0.5, 0.6) is 0 Å². The SMILES string of the molecule is CC(C)CN1C(=S)N[C@H](c2ccccn2)[C@@H]1c1cccn1-c1cccc(Br)c1. The van der Waals surface area contributed by atoms with Gasteiger partial charge in [0.05, 0.1) is 17.8 Å². The Hall–Kier alpha value is -2.18. The standard InChI is InChI=1S/C22H23BrN4S/c1-15(2)14-27-21(20(25-22(27)28)18-9-3-4-11-24-18)19-10-6-12-26(19)17-8-5-7-16(23)13-17/h3-13,15,20-21H,14H2,1-2H3,(H,25,28)/t20-,21+/m1/s1. The largest absolute Gasteiger partial charge is 0.352 e. The number of hydrogen-bond donors (Lipinski definition) is 1. The summed E-state index contributed by atoms with van der Waals surface area (Å²) in [6, 6.07) is 18.8. The van der Waals surface area contributed by atoms with E-state index in [-0.39, 0.29) is 12.1 Å². The molecular formula is C22H23BrN4S. The molecule has 4 rings (SSSR count). The Morgan fingerprint density at radius 1 is 1.14 bits per heavy atom. The molecule has 0 bridgehead atoms. The highest BCUT2D eigenvalue weighted by Gasteiger charge is 2.41. The number of benzene rings is 1. The first-order valence-electron chi connectivity index (χ1n) is 9.46. The van der Waals surface area contributed by atoms with E-state index in [0.29, 0.717) is 5.92 Å². The van der Waals surface area contributed by atoms with Crippen molar-refractivity contribution in [1.82, 2.24) is 19.8 Å². The highest BCUT2D eigenvalue weighted by atomic mass is 79.9. The molecule has 0 spiro atoms. The fourth-order valence-electron chi connectivity index (χ4n) is 3.81. The summed E-state index contributed by atoms with van der Waals surface area (Å²) in [5.41, 5.74) is 3.32. The van der Waals surface area contributed by atoms with Crippen molar-refractivity contribution < 1.29 is 0 Å². The monoisotopic (exact) mass is 454 g/mol. The predicted molar refractivity (Wildman–Crippen MR) is 120 cm³/mol. The van der Waals surface area contributed by atoms with E-state index >= 15 is 0 Å². The Kier molecular flexibility index (Phi) is 5.51. The number of pyridine rings is 1. The first kappa shape index (κ1) is 19.2. The molecule has 1 saturated heterocycles. The molecule has 0 radical (unpaired) electrons. The number of hydrogen-bond acceptors (Lipinski definition) is 2. The van der Waals surface area contributed by atoms with Gasteiger partial charge in [-0.15, -0.1) is 0 Å².